The minimum Gasteiger partial charge on any atom is -0.504 e. The highest BCUT2D eigenvalue weighted by Gasteiger charge is 2.16. The standard InChI is InChI=1S/C21H27NO5/c1-2-3-4-15-5-8-17(9-6-15)26-11-12-27-21(25)18(22)13-16-7-10-19(23)20(24)14-16/h5-10,14,18,23-24H,2-4,11-13,22H2,1H3/t18-/m0/s1. The largest absolute Gasteiger partial charge is 0.504 e. The number of hydrogen-bond acceptors (Lipinski definition) is 6. The van der Waals surface area contributed by atoms with Crippen LogP contribution in [0.2, 0.25) is 0 Å². The van der Waals surface area contributed by atoms with E-state index in [1.165, 1.54) is 30.5 Å². The molecule has 0 spiro atoms. The Kier molecular flexibility index (Phi) is 7.95. The summed E-state index contributed by atoms with van der Waals surface area (Å²) < 4.78 is 10.7. The molecule has 0 aliphatic carbocycles. The maximum Gasteiger partial charge on any atom is 0.323 e. The van der Waals surface area contributed by atoms with Gasteiger partial charge in [-0.05, 0) is 54.7 Å². The van der Waals surface area contributed by atoms with Crippen molar-refractivity contribution >= 4 is 5.97 Å². The van der Waals surface area contributed by atoms with Crippen LogP contribution in [0, 0.1) is 0 Å². The van der Waals surface area contributed by atoms with Gasteiger partial charge in [0.1, 0.15) is 25.0 Å². The maximum absolute atomic E-state index is 11.9. The summed E-state index contributed by atoms with van der Waals surface area (Å²) in [5, 5.41) is 18.8. The Hall–Kier alpha value is -2.73. The Morgan fingerprint density at radius 2 is 1.74 bits per heavy atom. The van der Waals surface area contributed by atoms with E-state index in [0.29, 0.717) is 5.56 Å². The van der Waals surface area contributed by atoms with Gasteiger partial charge in [0.25, 0.3) is 0 Å². The van der Waals surface area contributed by atoms with E-state index in [2.05, 4.69) is 6.92 Å². The number of hydrogen-bond donors (Lipinski definition) is 3. The molecule has 0 heterocycles. The van der Waals surface area contributed by atoms with Crippen molar-refractivity contribution in [1.29, 1.82) is 0 Å². The van der Waals surface area contributed by atoms with Crippen molar-refractivity contribution < 1.29 is 24.5 Å². The second kappa shape index (κ2) is 10.4. The van der Waals surface area contributed by atoms with Crippen LogP contribution in [0.15, 0.2) is 42.5 Å². The van der Waals surface area contributed by atoms with Gasteiger partial charge in [-0.2, -0.15) is 0 Å². The molecule has 2 aromatic rings. The number of ether oxygens (including phenoxy) is 2. The number of benzene rings is 2. The quantitative estimate of drug-likeness (QED) is 0.336. The van der Waals surface area contributed by atoms with E-state index >= 15 is 0 Å². The van der Waals surface area contributed by atoms with Crippen LogP contribution in [0.3, 0.4) is 0 Å². The van der Waals surface area contributed by atoms with Gasteiger partial charge >= 0.3 is 5.97 Å². The molecule has 0 saturated carbocycles. The number of unbranched alkanes of at least 4 members (excludes halogenated alkanes) is 1. The summed E-state index contributed by atoms with van der Waals surface area (Å²) in [5.74, 6) is -0.274. The highest BCUT2D eigenvalue weighted by Crippen LogP contribution is 2.25. The van der Waals surface area contributed by atoms with Crippen molar-refractivity contribution in [2.75, 3.05) is 13.2 Å². The zero-order chi connectivity index (χ0) is 19.6. The number of carbonyl (C=O) groups is 1. The molecule has 2 aromatic carbocycles. The second-order valence-electron chi connectivity index (χ2n) is 6.40. The Bertz CT molecular complexity index is 730. The minimum atomic E-state index is -0.855. The van der Waals surface area contributed by atoms with Crippen LogP contribution in [-0.4, -0.2) is 35.4 Å². The van der Waals surface area contributed by atoms with Crippen LogP contribution >= 0.6 is 0 Å². The molecule has 27 heavy (non-hydrogen) atoms. The minimum absolute atomic E-state index is 0.102. The van der Waals surface area contributed by atoms with Crippen LogP contribution < -0.4 is 10.5 Å². The average Bonchev–Trinajstić information content (AvgIpc) is 2.67. The highest BCUT2D eigenvalue weighted by atomic mass is 16.6. The van der Waals surface area contributed by atoms with Gasteiger partial charge < -0.3 is 25.4 Å². The van der Waals surface area contributed by atoms with Gasteiger partial charge in [0.05, 0.1) is 0 Å². The summed E-state index contributed by atoms with van der Waals surface area (Å²) in [7, 11) is 0. The van der Waals surface area contributed by atoms with E-state index in [9.17, 15) is 15.0 Å². The maximum atomic E-state index is 11.9. The molecule has 0 amide bonds. The number of aromatic hydroxyl groups is 2. The fourth-order valence-corrected chi connectivity index (χ4v) is 2.58. The highest BCUT2D eigenvalue weighted by molar-refractivity contribution is 5.75. The topological polar surface area (TPSA) is 102 Å². The van der Waals surface area contributed by atoms with Crippen molar-refractivity contribution in [3.05, 3.63) is 53.6 Å². The third kappa shape index (κ3) is 6.83. The van der Waals surface area contributed by atoms with Crippen LogP contribution in [0.25, 0.3) is 0 Å². The van der Waals surface area contributed by atoms with E-state index in [1.807, 2.05) is 24.3 Å². The molecule has 146 valence electrons. The Balaban J connectivity index is 1.69. The van der Waals surface area contributed by atoms with E-state index in [4.69, 9.17) is 15.2 Å². The first-order valence-corrected chi connectivity index (χ1v) is 9.14. The molecular formula is C21H27NO5. The summed E-state index contributed by atoms with van der Waals surface area (Å²) in [6.45, 7) is 2.51. The number of aryl methyl sites for hydroxylation is 1. The van der Waals surface area contributed by atoms with Gasteiger partial charge in [-0.25, -0.2) is 0 Å². The van der Waals surface area contributed by atoms with Gasteiger partial charge in [0.2, 0.25) is 0 Å². The number of esters is 1. The molecule has 0 aliphatic rings. The summed E-state index contributed by atoms with van der Waals surface area (Å²) in [6, 6.07) is 11.4. The molecule has 0 unspecified atom stereocenters. The van der Waals surface area contributed by atoms with Crippen LogP contribution in [0.5, 0.6) is 17.2 Å². The van der Waals surface area contributed by atoms with E-state index in [-0.39, 0.29) is 31.1 Å². The van der Waals surface area contributed by atoms with Gasteiger partial charge in [-0.3, -0.25) is 4.79 Å². The SMILES string of the molecule is CCCCc1ccc(OCCOC(=O)[C@@H](N)Cc2ccc(O)c(O)c2)cc1. The lowest BCUT2D eigenvalue weighted by atomic mass is 10.1. The number of carbonyl (C=O) groups excluding carboxylic acids is 1. The number of phenolic OH excluding ortho intramolecular Hbond substituents is 2. The van der Waals surface area contributed by atoms with Gasteiger partial charge in [-0.15, -0.1) is 0 Å². The van der Waals surface area contributed by atoms with Crippen LogP contribution in [0.1, 0.15) is 30.9 Å². The molecule has 0 bridgehead atoms. The predicted molar refractivity (Wildman–Crippen MR) is 103 cm³/mol. The molecule has 1 atom stereocenters. The molecule has 6 nitrogen and oxygen atoms in total. The predicted octanol–water partition coefficient (Wildman–Crippen LogP) is 2.93. The molecule has 6 heteroatoms. The zero-order valence-corrected chi connectivity index (χ0v) is 15.6. The fraction of sp³-hybridized carbons (Fsp3) is 0.381. The fourth-order valence-electron chi connectivity index (χ4n) is 2.58. The summed E-state index contributed by atoms with van der Waals surface area (Å²) >= 11 is 0. The third-order valence-corrected chi connectivity index (χ3v) is 4.14. The second-order valence-corrected chi connectivity index (χ2v) is 6.40. The normalized spacial score (nSPS) is 11.8. The summed E-state index contributed by atoms with van der Waals surface area (Å²) in [6.07, 6.45) is 3.59. The van der Waals surface area contributed by atoms with Crippen LogP contribution in [-0.2, 0) is 22.4 Å². The van der Waals surface area contributed by atoms with E-state index < -0.39 is 12.0 Å². The van der Waals surface area contributed by atoms with Crippen molar-refractivity contribution in [3.63, 3.8) is 0 Å². The molecule has 0 fully saturated rings. The van der Waals surface area contributed by atoms with Crippen molar-refractivity contribution in [1.82, 2.24) is 0 Å². The molecular weight excluding hydrogens is 346 g/mol. The molecule has 0 saturated heterocycles. The first kappa shape index (κ1) is 20.6. The molecule has 0 aromatic heterocycles. The van der Waals surface area contributed by atoms with E-state index in [0.717, 1.165) is 12.2 Å². The summed E-state index contributed by atoms with van der Waals surface area (Å²) in [4.78, 5) is 11.9. The zero-order valence-electron chi connectivity index (χ0n) is 15.6. The first-order chi connectivity index (χ1) is 13.0. The number of nitrogens with two attached hydrogens (primary N) is 1. The number of rotatable bonds is 10. The molecule has 0 radical (unpaired) electrons. The van der Waals surface area contributed by atoms with Gasteiger partial charge in [-0.1, -0.05) is 31.5 Å². The third-order valence-electron chi connectivity index (χ3n) is 4.14. The van der Waals surface area contributed by atoms with E-state index in [1.54, 1.807) is 6.07 Å². The lowest BCUT2D eigenvalue weighted by Crippen LogP contribution is -2.35. The van der Waals surface area contributed by atoms with Crippen molar-refractivity contribution in [3.8, 4) is 17.2 Å². The monoisotopic (exact) mass is 373 g/mol. The molecule has 4 N–H and O–H groups in total. The Morgan fingerprint density at radius 3 is 2.41 bits per heavy atom. The molecule has 0 aliphatic heterocycles. The lowest BCUT2D eigenvalue weighted by Gasteiger charge is -2.13. The number of phenols is 2. The summed E-state index contributed by atoms with van der Waals surface area (Å²) in [5.41, 5.74) is 7.74. The van der Waals surface area contributed by atoms with Gasteiger partial charge in [0, 0.05) is 0 Å². The van der Waals surface area contributed by atoms with Gasteiger partial charge in [0.15, 0.2) is 11.5 Å². The molecule has 2 rings (SSSR count). The lowest BCUT2D eigenvalue weighted by molar-refractivity contribution is -0.145. The van der Waals surface area contributed by atoms with Crippen molar-refractivity contribution in [2.45, 2.75) is 38.6 Å². The van der Waals surface area contributed by atoms with Crippen molar-refractivity contribution in [2.24, 2.45) is 5.73 Å². The average molecular weight is 373 g/mol. The first-order valence-electron chi connectivity index (χ1n) is 9.14. The van der Waals surface area contributed by atoms with Crippen LogP contribution in [0.4, 0.5) is 0 Å². The smallest absolute Gasteiger partial charge is 0.323 e. The Labute approximate surface area is 159 Å². The Morgan fingerprint density at radius 1 is 1.04 bits per heavy atom.